The van der Waals surface area contributed by atoms with E-state index in [2.05, 4.69) is 63.6 Å². The summed E-state index contributed by atoms with van der Waals surface area (Å²) in [5.41, 5.74) is 3.60. The molecule has 0 saturated heterocycles. The van der Waals surface area contributed by atoms with Crippen molar-refractivity contribution in [3.05, 3.63) is 70.4 Å². The summed E-state index contributed by atoms with van der Waals surface area (Å²) in [7, 11) is 0. The van der Waals surface area contributed by atoms with Gasteiger partial charge >= 0.3 is 0 Å². The zero-order valence-corrected chi connectivity index (χ0v) is 20.3. The number of aryl methyl sites for hydroxylation is 1. The molecule has 0 fully saturated rings. The quantitative estimate of drug-likeness (QED) is 0.246. The molecule has 0 radical (unpaired) electrons. The number of hydrogen-bond acceptors (Lipinski definition) is 7. The van der Waals surface area contributed by atoms with Crippen LogP contribution in [-0.2, 0) is 5.75 Å². The van der Waals surface area contributed by atoms with Crippen molar-refractivity contribution in [2.45, 2.75) is 44.0 Å². The smallest absolute Gasteiger partial charge is 0.270 e. The van der Waals surface area contributed by atoms with E-state index in [-0.39, 0.29) is 5.91 Å². The van der Waals surface area contributed by atoms with Crippen LogP contribution >= 0.6 is 23.1 Å². The summed E-state index contributed by atoms with van der Waals surface area (Å²) < 4.78 is 2.05. The number of pyridine rings is 1. The van der Waals surface area contributed by atoms with Crippen LogP contribution in [-0.4, -0.2) is 37.2 Å². The molecule has 7 nitrogen and oxygen atoms in total. The molecule has 0 bridgehead atoms. The number of carbonyl (C=O) groups is 1. The van der Waals surface area contributed by atoms with Crippen molar-refractivity contribution in [1.82, 2.24) is 30.0 Å². The fourth-order valence-corrected chi connectivity index (χ4v) is 5.00. The van der Waals surface area contributed by atoms with E-state index in [4.69, 9.17) is 0 Å². The number of nitrogens with zero attached hydrogens (tertiary/aromatic N) is 5. The van der Waals surface area contributed by atoms with Crippen LogP contribution < -0.4 is 5.32 Å². The summed E-state index contributed by atoms with van der Waals surface area (Å²) in [4.78, 5) is 20.9. The summed E-state index contributed by atoms with van der Waals surface area (Å²) in [6.45, 7) is 4.90. The molecule has 170 valence electrons. The number of unbranched alkanes of at least 4 members (excludes halogenated alkanes) is 2. The van der Waals surface area contributed by atoms with Crippen LogP contribution in [0.15, 0.2) is 59.3 Å². The van der Waals surface area contributed by atoms with Gasteiger partial charge in [-0.3, -0.25) is 14.3 Å². The van der Waals surface area contributed by atoms with Gasteiger partial charge in [-0.25, -0.2) is 4.98 Å². The monoisotopic (exact) mass is 478 g/mol. The Kier molecular flexibility index (Phi) is 7.85. The highest BCUT2D eigenvalue weighted by molar-refractivity contribution is 7.98. The Morgan fingerprint density at radius 1 is 1.09 bits per heavy atom. The summed E-state index contributed by atoms with van der Waals surface area (Å²) >= 11 is 3.04. The molecule has 0 saturated carbocycles. The maximum Gasteiger partial charge on any atom is 0.270 e. The van der Waals surface area contributed by atoms with Crippen LogP contribution in [0.1, 0.15) is 47.2 Å². The third-order valence-corrected chi connectivity index (χ3v) is 7.01. The number of hydrogen-bond donors (Lipinski definition) is 1. The number of benzene rings is 1. The SMILES string of the molecule is CCCCCNC(=O)c1csc(CSc2nnc(-c3ccncc3)n2-c2ccc(C)cc2)n1. The van der Waals surface area contributed by atoms with E-state index in [1.807, 2.05) is 22.1 Å². The molecule has 0 aliphatic carbocycles. The Morgan fingerprint density at radius 3 is 2.64 bits per heavy atom. The predicted octanol–water partition coefficient (Wildman–Crippen LogP) is 5.31. The van der Waals surface area contributed by atoms with Gasteiger partial charge in [0.2, 0.25) is 0 Å². The summed E-state index contributed by atoms with van der Waals surface area (Å²) in [6.07, 6.45) is 6.73. The van der Waals surface area contributed by atoms with Crippen molar-refractivity contribution in [2.24, 2.45) is 0 Å². The van der Waals surface area contributed by atoms with E-state index in [1.165, 1.54) is 16.9 Å². The van der Waals surface area contributed by atoms with Crippen LogP contribution in [0, 0.1) is 6.92 Å². The lowest BCUT2D eigenvalue weighted by molar-refractivity contribution is 0.0948. The van der Waals surface area contributed by atoms with Gasteiger partial charge < -0.3 is 5.32 Å². The zero-order chi connectivity index (χ0) is 23.0. The molecule has 0 atom stereocenters. The van der Waals surface area contributed by atoms with E-state index < -0.39 is 0 Å². The third kappa shape index (κ3) is 5.85. The molecular weight excluding hydrogens is 452 g/mol. The Labute approximate surface area is 201 Å². The first-order valence-corrected chi connectivity index (χ1v) is 12.8. The van der Waals surface area contributed by atoms with Gasteiger partial charge in [-0.05, 0) is 37.6 Å². The van der Waals surface area contributed by atoms with Crippen LogP contribution in [0.2, 0.25) is 0 Å². The fraction of sp³-hybridized carbons (Fsp3) is 0.292. The van der Waals surface area contributed by atoms with E-state index >= 15 is 0 Å². The molecule has 0 aliphatic heterocycles. The second-order valence-electron chi connectivity index (χ2n) is 7.59. The van der Waals surface area contributed by atoms with Gasteiger partial charge in [-0.2, -0.15) is 0 Å². The number of thiazole rings is 1. The molecule has 4 rings (SSSR count). The number of rotatable bonds is 10. The van der Waals surface area contributed by atoms with Gasteiger partial charge in [0.05, 0.1) is 5.75 Å². The molecule has 0 unspecified atom stereocenters. The lowest BCUT2D eigenvalue weighted by atomic mass is 10.2. The maximum atomic E-state index is 12.3. The van der Waals surface area contributed by atoms with E-state index in [9.17, 15) is 4.79 Å². The van der Waals surface area contributed by atoms with Gasteiger partial charge in [-0.1, -0.05) is 49.2 Å². The minimum atomic E-state index is -0.110. The summed E-state index contributed by atoms with van der Waals surface area (Å²) in [5.74, 6) is 1.25. The minimum absolute atomic E-state index is 0.110. The molecule has 0 aliphatic rings. The number of amides is 1. The first kappa shape index (κ1) is 23.1. The first-order valence-electron chi connectivity index (χ1n) is 10.9. The summed E-state index contributed by atoms with van der Waals surface area (Å²) in [6, 6.07) is 12.1. The van der Waals surface area contributed by atoms with Crippen molar-refractivity contribution in [1.29, 1.82) is 0 Å². The fourth-order valence-electron chi connectivity index (χ4n) is 3.25. The zero-order valence-electron chi connectivity index (χ0n) is 18.7. The Morgan fingerprint density at radius 2 is 1.88 bits per heavy atom. The molecular formula is C24H26N6OS2. The van der Waals surface area contributed by atoms with Crippen molar-refractivity contribution in [3.8, 4) is 17.1 Å². The number of aromatic nitrogens is 5. The first-order chi connectivity index (χ1) is 16.2. The normalized spacial score (nSPS) is 11.0. The third-order valence-electron chi connectivity index (χ3n) is 5.04. The van der Waals surface area contributed by atoms with Crippen molar-refractivity contribution in [3.63, 3.8) is 0 Å². The van der Waals surface area contributed by atoms with Crippen LogP contribution in [0.5, 0.6) is 0 Å². The highest BCUT2D eigenvalue weighted by Gasteiger charge is 2.17. The number of carbonyl (C=O) groups excluding carboxylic acids is 1. The maximum absolute atomic E-state index is 12.3. The highest BCUT2D eigenvalue weighted by atomic mass is 32.2. The predicted molar refractivity (Wildman–Crippen MR) is 133 cm³/mol. The van der Waals surface area contributed by atoms with Crippen LogP contribution in [0.3, 0.4) is 0 Å². The molecule has 33 heavy (non-hydrogen) atoms. The summed E-state index contributed by atoms with van der Waals surface area (Å²) in [5, 5.41) is 15.3. The second kappa shape index (κ2) is 11.2. The Balaban J connectivity index is 1.51. The van der Waals surface area contributed by atoms with E-state index in [0.717, 1.165) is 46.5 Å². The molecule has 1 amide bonds. The van der Waals surface area contributed by atoms with Gasteiger partial charge in [0, 0.05) is 35.6 Å². The molecule has 1 aromatic carbocycles. The van der Waals surface area contributed by atoms with Crippen molar-refractivity contribution >= 4 is 29.0 Å². The largest absolute Gasteiger partial charge is 0.351 e. The van der Waals surface area contributed by atoms with Crippen molar-refractivity contribution < 1.29 is 4.79 Å². The number of nitrogens with one attached hydrogen (secondary N) is 1. The highest BCUT2D eigenvalue weighted by Crippen LogP contribution is 2.30. The van der Waals surface area contributed by atoms with Gasteiger partial charge in [-0.15, -0.1) is 21.5 Å². The standard InChI is InChI=1S/C24H26N6OS2/c1-3-4-5-12-26-23(31)20-15-32-21(27-20)16-33-24-29-28-22(18-10-13-25-14-11-18)30(24)19-8-6-17(2)7-9-19/h6-11,13-15H,3-5,12,16H2,1-2H3,(H,26,31). The van der Waals surface area contributed by atoms with Gasteiger partial charge in [0.15, 0.2) is 11.0 Å². The molecule has 4 aromatic rings. The number of thioether (sulfide) groups is 1. The second-order valence-corrected chi connectivity index (χ2v) is 9.48. The molecule has 9 heteroatoms. The Bertz CT molecular complexity index is 1190. The lowest BCUT2D eigenvalue weighted by Gasteiger charge is -2.10. The van der Waals surface area contributed by atoms with Crippen molar-refractivity contribution in [2.75, 3.05) is 6.54 Å². The molecule has 1 N–H and O–H groups in total. The lowest BCUT2D eigenvalue weighted by Crippen LogP contribution is -2.24. The molecule has 0 spiro atoms. The van der Waals surface area contributed by atoms with E-state index in [1.54, 1.807) is 24.2 Å². The van der Waals surface area contributed by atoms with Crippen LogP contribution in [0.4, 0.5) is 0 Å². The van der Waals surface area contributed by atoms with E-state index in [0.29, 0.717) is 18.0 Å². The van der Waals surface area contributed by atoms with Gasteiger partial charge in [0.25, 0.3) is 5.91 Å². The average Bonchev–Trinajstić information content (AvgIpc) is 3.49. The van der Waals surface area contributed by atoms with Gasteiger partial charge in [0.1, 0.15) is 10.7 Å². The molecule has 3 aromatic heterocycles. The topological polar surface area (TPSA) is 85.6 Å². The Hall–Kier alpha value is -3.04. The minimum Gasteiger partial charge on any atom is -0.351 e. The average molecular weight is 479 g/mol. The molecule has 3 heterocycles. The van der Waals surface area contributed by atoms with Crippen LogP contribution in [0.25, 0.3) is 17.1 Å².